The molecule has 7 nitrogen and oxygen atoms in total. The van der Waals surface area contributed by atoms with Gasteiger partial charge in [0, 0.05) is 12.2 Å². The second kappa shape index (κ2) is 9.36. The van der Waals surface area contributed by atoms with Crippen molar-refractivity contribution in [2.45, 2.75) is 32.2 Å². The van der Waals surface area contributed by atoms with Gasteiger partial charge in [0.25, 0.3) is 5.56 Å². The molecule has 10 heteroatoms. The van der Waals surface area contributed by atoms with Crippen molar-refractivity contribution in [3.8, 4) is 11.6 Å². The van der Waals surface area contributed by atoms with Crippen molar-refractivity contribution >= 4 is 23.4 Å². The zero-order valence-electron chi connectivity index (χ0n) is 14.7. The fourth-order valence-electron chi connectivity index (χ4n) is 2.16. The molecule has 0 aliphatic heterocycles. The third-order valence-corrected chi connectivity index (χ3v) is 4.18. The standard InChI is InChI=1S/C17H19F2N3O4S/c1-10(2)8-22-15(25)7-13(23)21-17(22)27-9-14(24)20-11-3-5-12(6-4-11)26-16(18)19/h3-7,10,16,23H,8-9H2,1-2H3,(H,20,24). The first-order valence-electron chi connectivity index (χ1n) is 8.03. The third kappa shape index (κ3) is 6.55. The van der Waals surface area contributed by atoms with Crippen molar-refractivity contribution in [2.75, 3.05) is 11.1 Å². The van der Waals surface area contributed by atoms with Crippen molar-refractivity contribution in [3.63, 3.8) is 0 Å². The Morgan fingerprint density at radius 1 is 1.33 bits per heavy atom. The van der Waals surface area contributed by atoms with E-state index in [0.29, 0.717) is 12.2 Å². The molecule has 1 heterocycles. The molecule has 2 aromatic rings. The van der Waals surface area contributed by atoms with Crippen LogP contribution in [-0.2, 0) is 11.3 Å². The van der Waals surface area contributed by atoms with E-state index in [1.807, 2.05) is 13.8 Å². The lowest BCUT2D eigenvalue weighted by Gasteiger charge is -2.13. The monoisotopic (exact) mass is 399 g/mol. The second-order valence-corrected chi connectivity index (χ2v) is 6.92. The molecule has 0 radical (unpaired) electrons. The molecule has 0 aliphatic carbocycles. The van der Waals surface area contributed by atoms with E-state index in [0.717, 1.165) is 17.8 Å². The quantitative estimate of drug-likeness (QED) is 0.524. The first kappa shape index (κ1) is 20.7. The minimum atomic E-state index is -2.92. The average Bonchev–Trinajstić information content (AvgIpc) is 2.56. The summed E-state index contributed by atoms with van der Waals surface area (Å²) in [6, 6.07) is 6.51. The molecule has 0 saturated carbocycles. The molecule has 146 valence electrons. The summed E-state index contributed by atoms with van der Waals surface area (Å²) in [5.41, 5.74) is 0.0133. The Hall–Kier alpha value is -2.62. The molecule has 0 saturated heterocycles. The van der Waals surface area contributed by atoms with Crippen LogP contribution < -0.4 is 15.6 Å². The summed E-state index contributed by atoms with van der Waals surface area (Å²) in [5, 5.41) is 12.4. The lowest BCUT2D eigenvalue weighted by atomic mass is 10.2. The van der Waals surface area contributed by atoms with E-state index in [4.69, 9.17) is 0 Å². The summed E-state index contributed by atoms with van der Waals surface area (Å²) in [6.45, 7) is 1.35. The number of carbonyl (C=O) groups is 1. The van der Waals surface area contributed by atoms with Crippen molar-refractivity contribution in [1.82, 2.24) is 9.55 Å². The molecule has 2 N–H and O–H groups in total. The number of nitrogens with one attached hydrogen (secondary N) is 1. The van der Waals surface area contributed by atoms with Gasteiger partial charge in [-0.25, -0.2) is 0 Å². The highest BCUT2D eigenvalue weighted by Gasteiger charge is 2.13. The van der Waals surface area contributed by atoms with Gasteiger partial charge in [-0.05, 0) is 30.2 Å². The predicted molar refractivity (Wildman–Crippen MR) is 97.4 cm³/mol. The summed E-state index contributed by atoms with van der Waals surface area (Å²) < 4.78 is 29.9. The molecule has 0 spiro atoms. The normalized spacial score (nSPS) is 11.0. The number of carbonyl (C=O) groups excluding carboxylic acids is 1. The van der Waals surface area contributed by atoms with Crippen molar-refractivity contribution in [1.29, 1.82) is 0 Å². The Morgan fingerprint density at radius 3 is 2.59 bits per heavy atom. The highest BCUT2D eigenvalue weighted by Crippen LogP contribution is 2.20. The Labute approximate surface area is 158 Å². The molecule has 0 bridgehead atoms. The number of hydrogen-bond acceptors (Lipinski definition) is 6. The SMILES string of the molecule is CC(C)Cn1c(SCC(=O)Nc2ccc(OC(F)F)cc2)nc(O)cc1=O. The van der Waals surface area contributed by atoms with Crippen LogP contribution in [0.5, 0.6) is 11.6 Å². The van der Waals surface area contributed by atoms with Crippen LogP contribution in [0.4, 0.5) is 14.5 Å². The number of halogens is 2. The maximum absolute atomic E-state index is 12.1. The number of amides is 1. The smallest absolute Gasteiger partial charge is 0.387 e. The number of benzene rings is 1. The molecule has 27 heavy (non-hydrogen) atoms. The first-order chi connectivity index (χ1) is 12.7. The highest BCUT2D eigenvalue weighted by molar-refractivity contribution is 7.99. The van der Waals surface area contributed by atoms with Gasteiger partial charge in [-0.2, -0.15) is 13.8 Å². The molecular formula is C17H19F2N3O4S. The van der Waals surface area contributed by atoms with Crippen molar-refractivity contribution in [2.24, 2.45) is 5.92 Å². The zero-order chi connectivity index (χ0) is 20.0. The van der Waals surface area contributed by atoms with Gasteiger partial charge in [-0.3, -0.25) is 14.2 Å². The average molecular weight is 399 g/mol. The van der Waals surface area contributed by atoms with Gasteiger partial charge in [0.15, 0.2) is 5.16 Å². The molecule has 0 aliphatic rings. The predicted octanol–water partition coefficient (Wildman–Crippen LogP) is 2.94. The Balaban J connectivity index is 2.00. The minimum absolute atomic E-state index is 0.0148. The van der Waals surface area contributed by atoms with Crippen LogP contribution in [0, 0.1) is 5.92 Å². The molecular weight excluding hydrogens is 380 g/mol. The van der Waals surface area contributed by atoms with E-state index in [9.17, 15) is 23.5 Å². The summed E-state index contributed by atoms with van der Waals surface area (Å²) >= 11 is 1.01. The fraction of sp³-hybridized carbons (Fsp3) is 0.353. The second-order valence-electron chi connectivity index (χ2n) is 5.98. The van der Waals surface area contributed by atoms with Crippen LogP contribution in [-0.4, -0.2) is 32.9 Å². The van der Waals surface area contributed by atoms with Crippen LogP contribution in [0.25, 0.3) is 0 Å². The number of aromatic hydroxyl groups is 1. The molecule has 1 amide bonds. The lowest BCUT2D eigenvalue weighted by molar-refractivity contribution is -0.113. The number of thioether (sulfide) groups is 1. The molecule has 0 fully saturated rings. The number of nitrogens with zero attached hydrogens (tertiary/aromatic N) is 2. The minimum Gasteiger partial charge on any atom is -0.493 e. The fourth-order valence-corrected chi connectivity index (χ4v) is 2.97. The Kier molecular flexibility index (Phi) is 7.17. The summed E-state index contributed by atoms with van der Waals surface area (Å²) in [5.74, 6) is -0.674. The Morgan fingerprint density at radius 2 is 2.00 bits per heavy atom. The van der Waals surface area contributed by atoms with Crippen LogP contribution in [0.2, 0.25) is 0 Å². The van der Waals surface area contributed by atoms with Crippen LogP contribution in [0.1, 0.15) is 13.8 Å². The van der Waals surface area contributed by atoms with Gasteiger partial charge in [-0.15, -0.1) is 0 Å². The van der Waals surface area contributed by atoms with E-state index < -0.39 is 18.1 Å². The largest absolute Gasteiger partial charge is 0.493 e. The topological polar surface area (TPSA) is 93.5 Å². The van der Waals surface area contributed by atoms with Gasteiger partial charge in [-0.1, -0.05) is 25.6 Å². The molecule has 1 aromatic carbocycles. The summed E-state index contributed by atoms with van der Waals surface area (Å²) in [7, 11) is 0. The van der Waals surface area contributed by atoms with Gasteiger partial charge >= 0.3 is 6.61 Å². The van der Waals surface area contributed by atoms with Gasteiger partial charge in [0.2, 0.25) is 11.8 Å². The van der Waals surface area contributed by atoms with E-state index >= 15 is 0 Å². The number of ether oxygens (including phenoxy) is 1. The summed E-state index contributed by atoms with van der Waals surface area (Å²) in [4.78, 5) is 28.0. The van der Waals surface area contributed by atoms with E-state index in [1.54, 1.807) is 0 Å². The van der Waals surface area contributed by atoms with Crippen LogP contribution in [0.3, 0.4) is 0 Å². The van der Waals surface area contributed by atoms with Gasteiger partial charge in [0.05, 0.1) is 11.8 Å². The summed E-state index contributed by atoms with van der Waals surface area (Å²) in [6.07, 6.45) is 0. The number of rotatable bonds is 8. The maximum Gasteiger partial charge on any atom is 0.387 e. The number of aromatic nitrogens is 2. The molecule has 1 aromatic heterocycles. The lowest BCUT2D eigenvalue weighted by Crippen LogP contribution is -2.25. The van der Waals surface area contributed by atoms with Gasteiger partial charge < -0.3 is 15.2 Å². The van der Waals surface area contributed by atoms with E-state index in [1.165, 1.54) is 28.8 Å². The van der Waals surface area contributed by atoms with Gasteiger partial charge in [0.1, 0.15) is 5.75 Å². The molecule has 2 rings (SSSR count). The highest BCUT2D eigenvalue weighted by atomic mass is 32.2. The van der Waals surface area contributed by atoms with Crippen LogP contribution in [0.15, 0.2) is 40.3 Å². The number of anilines is 1. The Bertz CT molecular complexity index is 841. The van der Waals surface area contributed by atoms with E-state index in [2.05, 4.69) is 15.0 Å². The van der Waals surface area contributed by atoms with E-state index in [-0.39, 0.29) is 28.5 Å². The third-order valence-electron chi connectivity index (χ3n) is 3.20. The molecule has 0 atom stereocenters. The van der Waals surface area contributed by atoms with Crippen LogP contribution >= 0.6 is 11.8 Å². The first-order valence-corrected chi connectivity index (χ1v) is 9.01. The number of alkyl halides is 2. The maximum atomic E-state index is 12.1. The van der Waals surface area contributed by atoms with Crippen molar-refractivity contribution in [3.05, 3.63) is 40.7 Å². The number of hydrogen-bond donors (Lipinski definition) is 2. The zero-order valence-corrected chi connectivity index (χ0v) is 15.5. The molecule has 0 unspecified atom stereocenters. The van der Waals surface area contributed by atoms with Crippen molar-refractivity contribution < 1.29 is 23.4 Å².